The lowest BCUT2D eigenvalue weighted by atomic mass is 10.3. The zero-order chi connectivity index (χ0) is 17.8. The summed E-state index contributed by atoms with van der Waals surface area (Å²) < 4.78 is 2.03. The molecule has 0 aliphatic heterocycles. The molecule has 0 saturated heterocycles. The zero-order valence-corrected chi connectivity index (χ0v) is 15.5. The van der Waals surface area contributed by atoms with Crippen molar-refractivity contribution < 1.29 is 4.79 Å². The number of thioether (sulfide) groups is 1. The molecule has 1 N–H and O–H groups in total. The van der Waals surface area contributed by atoms with Crippen molar-refractivity contribution in [2.24, 2.45) is 0 Å². The fourth-order valence-corrected chi connectivity index (χ4v) is 3.54. The third-order valence-corrected chi connectivity index (χ3v) is 5.01. The topological polar surface area (TPSA) is 46.9 Å². The van der Waals surface area contributed by atoms with E-state index in [9.17, 15) is 4.79 Å². The number of amides is 1. The summed E-state index contributed by atoms with van der Waals surface area (Å²) in [6.07, 6.45) is 1.81. The van der Waals surface area contributed by atoms with Crippen molar-refractivity contribution in [1.82, 2.24) is 9.55 Å². The monoisotopic (exact) mass is 391 g/mol. The van der Waals surface area contributed by atoms with Gasteiger partial charge in [0.25, 0.3) is 0 Å². The Hall–Kier alpha value is -1.95. The summed E-state index contributed by atoms with van der Waals surface area (Å²) in [4.78, 5) is 16.8. The molecule has 1 aromatic heterocycles. The van der Waals surface area contributed by atoms with Crippen molar-refractivity contribution in [3.63, 3.8) is 0 Å². The van der Waals surface area contributed by atoms with Crippen LogP contribution in [0.1, 0.15) is 0 Å². The van der Waals surface area contributed by atoms with Gasteiger partial charge < -0.3 is 9.88 Å². The molecule has 3 rings (SSSR count). The van der Waals surface area contributed by atoms with E-state index in [0.29, 0.717) is 22.3 Å². The normalized spacial score (nSPS) is 10.8. The van der Waals surface area contributed by atoms with E-state index in [4.69, 9.17) is 23.2 Å². The molecule has 1 amide bonds. The number of rotatable bonds is 6. The molecule has 0 saturated carbocycles. The maximum absolute atomic E-state index is 12.2. The molecule has 0 unspecified atom stereocenters. The van der Waals surface area contributed by atoms with Crippen LogP contribution < -0.4 is 5.32 Å². The number of halogens is 2. The van der Waals surface area contributed by atoms with Crippen molar-refractivity contribution in [2.45, 2.75) is 11.7 Å². The predicted molar refractivity (Wildman–Crippen MR) is 106 cm³/mol. The highest BCUT2D eigenvalue weighted by atomic mass is 35.5. The Kier molecular flexibility index (Phi) is 5.68. The number of hydrogen-bond acceptors (Lipinski definition) is 3. The Morgan fingerprint density at radius 1 is 1.28 bits per heavy atom. The predicted octanol–water partition coefficient (Wildman–Crippen LogP) is 5.26. The minimum atomic E-state index is -0.175. The van der Waals surface area contributed by atoms with Gasteiger partial charge in [-0.2, -0.15) is 0 Å². The summed E-state index contributed by atoms with van der Waals surface area (Å²) in [7, 11) is 0. The first-order valence-electron chi connectivity index (χ1n) is 7.52. The van der Waals surface area contributed by atoms with E-state index in [1.165, 1.54) is 11.8 Å². The fourth-order valence-electron chi connectivity index (χ4n) is 2.38. The van der Waals surface area contributed by atoms with E-state index in [1.807, 2.05) is 34.9 Å². The first kappa shape index (κ1) is 17.9. The highest BCUT2D eigenvalue weighted by molar-refractivity contribution is 7.99. The van der Waals surface area contributed by atoms with Gasteiger partial charge in [-0.25, -0.2) is 4.98 Å². The molecule has 3 aromatic rings. The lowest BCUT2D eigenvalue weighted by Gasteiger charge is -2.08. The van der Waals surface area contributed by atoms with Crippen LogP contribution in [0.5, 0.6) is 0 Å². The van der Waals surface area contributed by atoms with Crippen LogP contribution in [-0.2, 0) is 11.3 Å². The number of para-hydroxylation sites is 2. The van der Waals surface area contributed by atoms with E-state index in [-0.39, 0.29) is 11.7 Å². The molecule has 4 nitrogen and oxygen atoms in total. The number of fused-ring (bicyclic) bond motifs is 1. The zero-order valence-electron chi connectivity index (χ0n) is 13.2. The van der Waals surface area contributed by atoms with Crippen molar-refractivity contribution in [2.75, 3.05) is 11.1 Å². The number of benzene rings is 2. The van der Waals surface area contributed by atoms with Gasteiger partial charge in [0.1, 0.15) is 0 Å². The number of anilines is 1. The molecule has 25 heavy (non-hydrogen) atoms. The number of carbonyl (C=O) groups excluding carboxylic acids is 1. The van der Waals surface area contributed by atoms with Gasteiger partial charge in [-0.05, 0) is 30.3 Å². The van der Waals surface area contributed by atoms with Crippen molar-refractivity contribution in [1.29, 1.82) is 0 Å². The minimum absolute atomic E-state index is 0.175. The maximum Gasteiger partial charge on any atom is 0.234 e. The number of hydrogen-bond donors (Lipinski definition) is 1. The second-order valence-corrected chi connectivity index (χ2v) is 7.03. The third-order valence-electron chi connectivity index (χ3n) is 3.47. The van der Waals surface area contributed by atoms with Crippen LogP contribution in [0.2, 0.25) is 10.0 Å². The van der Waals surface area contributed by atoms with Gasteiger partial charge in [-0.1, -0.05) is 53.2 Å². The van der Waals surface area contributed by atoms with Crippen LogP contribution in [0.3, 0.4) is 0 Å². The summed E-state index contributed by atoms with van der Waals surface area (Å²) in [5.74, 6) is 0.0370. The van der Waals surface area contributed by atoms with Gasteiger partial charge in [0, 0.05) is 11.6 Å². The molecule has 0 radical (unpaired) electrons. The van der Waals surface area contributed by atoms with E-state index in [1.54, 1.807) is 18.2 Å². The molecule has 2 aromatic carbocycles. The third kappa shape index (κ3) is 4.18. The highest BCUT2D eigenvalue weighted by Gasteiger charge is 2.13. The van der Waals surface area contributed by atoms with Crippen LogP contribution in [0.25, 0.3) is 11.0 Å². The summed E-state index contributed by atoms with van der Waals surface area (Å²) in [5, 5.41) is 4.50. The lowest BCUT2D eigenvalue weighted by molar-refractivity contribution is -0.113. The highest BCUT2D eigenvalue weighted by Crippen LogP contribution is 2.27. The van der Waals surface area contributed by atoms with E-state index >= 15 is 0 Å². The minimum Gasteiger partial charge on any atom is -0.324 e. The second kappa shape index (κ2) is 7.95. The smallest absolute Gasteiger partial charge is 0.234 e. The van der Waals surface area contributed by atoms with Gasteiger partial charge in [0.15, 0.2) is 5.16 Å². The van der Waals surface area contributed by atoms with Crippen molar-refractivity contribution in [3.05, 3.63) is 65.2 Å². The van der Waals surface area contributed by atoms with Gasteiger partial charge in [0.2, 0.25) is 5.91 Å². The summed E-state index contributed by atoms with van der Waals surface area (Å²) in [6.45, 7) is 4.42. The maximum atomic E-state index is 12.2. The molecule has 128 valence electrons. The van der Waals surface area contributed by atoms with Gasteiger partial charge >= 0.3 is 0 Å². The van der Waals surface area contributed by atoms with Crippen LogP contribution in [0.4, 0.5) is 5.69 Å². The molecule has 0 bridgehead atoms. The van der Waals surface area contributed by atoms with Gasteiger partial charge in [-0.3, -0.25) is 4.79 Å². The van der Waals surface area contributed by atoms with Crippen LogP contribution >= 0.6 is 35.0 Å². The molecular weight excluding hydrogens is 377 g/mol. The van der Waals surface area contributed by atoms with Crippen LogP contribution in [0.15, 0.2) is 60.3 Å². The van der Waals surface area contributed by atoms with E-state index in [2.05, 4.69) is 16.9 Å². The Bertz CT molecular complexity index is 939. The number of imidazole rings is 1. The van der Waals surface area contributed by atoms with E-state index < -0.39 is 0 Å². The summed E-state index contributed by atoms with van der Waals surface area (Å²) in [5.41, 5.74) is 2.41. The quantitative estimate of drug-likeness (QED) is 0.460. The lowest BCUT2D eigenvalue weighted by Crippen LogP contribution is -2.15. The number of allylic oxidation sites excluding steroid dienone is 1. The summed E-state index contributed by atoms with van der Waals surface area (Å²) in [6, 6.07) is 12.8. The van der Waals surface area contributed by atoms with Crippen LogP contribution in [-0.4, -0.2) is 21.2 Å². The number of nitrogens with zero attached hydrogens (tertiary/aromatic N) is 2. The summed E-state index contributed by atoms with van der Waals surface area (Å²) >= 11 is 13.4. The molecular formula is C18H15Cl2N3OS. The average molecular weight is 392 g/mol. The SMILES string of the molecule is C=CCn1c(SCC(=O)Nc2cc(Cl)ccc2Cl)nc2ccccc21. The molecule has 1 heterocycles. The molecule has 0 aliphatic rings. The Morgan fingerprint density at radius 2 is 2.08 bits per heavy atom. The average Bonchev–Trinajstić information content (AvgIpc) is 2.95. The number of aromatic nitrogens is 2. The Balaban J connectivity index is 1.73. The number of carbonyl (C=O) groups is 1. The first-order chi connectivity index (χ1) is 12.1. The standard InChI is InChI=1S/C18H15Cl2N3OS/c1-2-9-23-16-6-4-3-5-14(16)22-18(23)25-11-17(24)21-15-10-12(19)7-8-13(15)20/h2-8,10H,1,9,11H2,(H,21,24). The molecule has 0 aliphatic carbocycles. The van der Waals surface area contributed by atoms with E-state index in [0.717, 1.165) is 16.2 Å². The molecule has 0 fully saturated rings. The fraction of sp³-hybridized carbons (Fsp3) is 0.111. The van der Waals surface area contributed by atoms with Crippen LogP contribution in [0, 0.1) is 0 Å². The van der Waals surface area contributed by atoms with Gasteiger partial charge in [-0.15, -0.1) is 6.58 Å². The Labute approximate surface area is 159 Å². The molecule has 7 heteroatoms. The number of nitrogens with one attached hydrogen (secondary N) is 1. The molecule has 0 spiro atoms. The van der Waals surface area contributed by atoms with Crippen molar-refractivity contribution in [3.8, 4) is 0 Å². The van der Waals surface area contributed by atoms with Gasteiger partial charge in [0.05, 0.1) is 27.5 Å². The largest absolute Gasteiger partial charge is 0.324 e. The second-order valence-electron chi connectivity index (χ2n) is 5.24. The molecule has 0 atom stereocenters. The first-order valence-corrected chi connectivity index (χ1v) is 9.26. The Morgan fingerprint density at radius 3 is 2.88 bits per heavy atom. The van der Waals surface area contributed by atoms with Crippen molar-refractivity contribution >= 4 is 57.6 Å².